The minimum Gasteiger partial charge on any atom is -0.839 e. The van der Waals surface area contributed by atoms with E-state index in [1.54, 1.807) is 0 Å². The second kappa shape index (κ2) is 9.82. The van der Waals surface area contributed by atoms with Crippen LogP contribution >= 0.6 is 0 Å². The Morgan fingerprint density at radius 3 is 2.40 bits per heavy atom. The van der Waals surface area contributed by atoms with Crippen LogP contribution in [0.25, 0.3) is 0 Å². The highest BCUT2D eigenvalue weighted by atomic mass is 16.7. The second-order valence-electron chi connectivity index (χ2n) is 11.0. The number of likely N-dealkylation sites (tertiary alicyclic amines) is 1. The van der Waals surface area contributed by atoms with E-state index in [1.807, 2.05) is 41.3 Å². The summed E-state index contributed by atoms with van der Waals surface area (Å²) in [6, 6.07) is 16.1. The molecule has 0 spiro atoms. The number of hydrogen-bond acceptors (Lipinski definition) is 4. The van der Waals surface area contributed by atoms with E-state index in [4.69, 9.17) is 9.47 Å². The van der Waals surface area contributed by atoms with Gasteiger partial charge in [-0.25, -0.2) is 0 Å². The average Bonchev–Trinajstić information content (AvgIpc) is 3.60. The van der Waals surface area contributed by atoms with Crippen molar-refractivity contribution >= 4 is 5.91 Å². The van der Waals surface area contributed by atoms with Gasteiger partial charge in [-0.2, -0.15) is 0 Å². The fraction of sp³-hybridized carbons (Fsp3) is 0.552. The third-order valence-corrected chi connectivity index (χ3v) is 8.60. The zero-order chi connectivity index (χ0) is 24.5. The predicted octanol–water partition coefficient (Wildman–Crippen LogP) is 3.47. The van der Waals surface area contributed by atoms with Crippen molar-refractivity contribution in [2.45, 2.75) is 56.6 Å². The van der Waals surface area contributed by atoms with Gasteiger partial charge < -0.3 is 24.0 Å². The molecule has 2 aliphatic heterocycles. The SMILES string of the molecule is C[N+](C)(CCc1ccc2c(c1)OCO2)C1CCN(C(=O)C([O-])(c2ccccc2)C2CCCC2)CC1. The van der Waals surface area contributed by atoms with Gasteiger partial charge in [0.05, 0.1) is 26.7 Å². The third kappa shape index (κ3) is 4.78. The number of carbonyl (C=O) groups excluding carboxylic acids is 1. The van der Waals surface area contributed by atoms with Crippen LogP contribution in [0.3, 0.4) is 0 Å². The van der Waals surface area contributed by atoms with Crippen molar-refractivity contribution < 1.29 is 23.9 Å². The number of carbonyl (C=O) groups is 1. The summed E-state index contributed by atoms with van der Waals surface area (Å²) in [5.74, 6) is 1.34. The zero-order valence-electron chi connectivity index (χ0n) is 21.1. The topological polar surface area (TPSA) is 61.8 Å². The fourth-order valence-corrected chi connectivity index (χ4v) is 6.25. The van der Waals surface area contributed by atoms with Crippen molar-refractivity contribution in [1.29, 1.82) is 0 Å². The number of rotatable bonds is 7. The van der Waals surface area contributed by atoms with Crippen LogP contribution in [0.5, 0.6) is 11.5 Å². The number of piperidine rings is 1. The predicted molar refractivity (Wildman–Crippen MR) is 133 cm³/mol. The van der Waals surface area contributed by atoms with Crippen molar-refractivity contribution in [2.75, 3.05) is 40.5 Å². The van der Waals surface area contributed by atoms with Crippen molar-refractivity contribution in [3.8, 4) is 11.5 Å². The van der Waals surface area contributed by atoms with Gasteiger partial charge in [-0.3, -0.25) is 4.79 Å². The zero-order valence-corrected chi connectivity index (χ0v) is 21.1. The largest absolute Gasteiger partial charge is 0.839 e. The lowest BCUT2D eigenvalue weighted by molar-refractivity contribution is -0.916. The summed E-state index contributed by atoms with van der Waals surface area (Å²) in [5.41, 5.74) is 0.233. The molecule has 1 unspecified atom stereocenters. The normalized spacial score (nSPS) is 20.7. The molecule has 1 atom stereocenters. The van der Waals surface area contributed by atoms with Crippen molar-refractivity contribution in [2.24, 2.45) is 5.92 Å². The quantitative estimate of drug-likeness (QED) is 0.572. The molecule has 188 valence electrons. The Labute approximate surface area is 209 Å². The first kappa shape index (κ1) is 24.1. The van der Waals surface area contributed by atoms with E-state index in [-0.39, 0.29) is 11.8 Å². The highest BCUT2D eigenvalue weighted by Gasteiger charge is 2.42. The summed E-state index contributed by atoms with van der Waals surface area (Å²) in [6.07, 6.45) is 6.61. The molecule has 0 aromatic heterocycles. The van der Waals surface area contributed by atoms with Gasteiger partial charge in [-0.05, 0) is 34.8 Å². The molecule has 0 radical (unpaired) electrons. The molecule has 2 fully saturated rings. The van der Waals surface area contributed by atoms with Gasteiger partial charge in [0.25, 0.3) is 0 Å². The lowest BCUT2D eigenvalue weighted by atomic mass is 9.78. The number of fused-ring (bicyclic) bond motifs is 1. The number of hydrogen-bond donors (Lipinski definition) is 0. The maximum atomic E-state index is 14.3. The molecule has 1 aliphatic carbocycles. The summed E-state index contributed by atoms with van der Waals surface area (Å²) in [5, 5.41) is 14.3. The number of ether oxygens (including phenoxy) is 2. The first-order valence-electron chi connectivity index (χ1n) is 13.1. The van der Waals surface area contributed by atoms with E-state index in [0.29, 0.717) is 31.5 Å². The Morgan fingerprint density at radius 2 is 1.69 bits per heavy atom. The standard InChI is InChI=1S/C29H38N2O4/c1-31(2,19-16-22-12-13-26-27(20-22)35-21-34-26)25-14-17-30(18-15-25)28(32)29(33,24-10-6-7-11-24)23-8-4-3-5-9-23/h3-5,8-9,12-13,20,24-25H,6-7,10-11,14-19,21H2,1-2H3. The summed E-state index contributed by atoms with van der Waals surface area (Å²) >= 11 is 0. The molecule has 0 N–H and O–H groups in total. The van der Waals surface area contributed by atoms with Crippen LogP contribution in [0.2, 0.25) is 0 Å². The minimum atomic E-state index is -1.66. The van der Waals surface area contributed by atoms with Gasteiger partial charge in [-0.1, -0.05) is 62.1 Å². The van der Waals surface area contributed by atoms with Crippen molar-refractivity contribution in [3.05, 3.63) is 59.7 Å². The molecule has 1 saturated carbocycles. The van der Waals surface area contributed by atoms with Gasteiger partial charge in [0, 0.05) is 32.4 Å². The molecule has 2 aromatic rings. The van der Waals surface area contributed by atoms with Crippen LogP contribution in [-0.4, -0.2) is 61.9 Å². The molecule has 1 saturated heterocycles. The van der Waals surface area contributed by atoms with E-state index in [9.17, 15) is 9.90 Å². The van der Waals surface area contributed by atoms with Crippen LogP contribution in [0.15, 0.2) is 48.5 Å². The van der Waals surface area contributed by atoms with Gasteiger partial charge in [0.15, 0.2) is 11.5 Å². The highest BCUT2D eigenvalue weighted by Crippen LogP contribution is 2.40. The fourth-order valence-electron chi connectivity index (χ4n) is 6.25. The first-order chi connectivity index (χ1) is 16.9. The molecular formula is C29H38N2O4. The maximum absolute atomic E-state index is 14.3. The molecule has 5 rings (SSSR count). The number of quaternary nitrogens is 1. The number of nitrogens with zero attached hydrogens (tertiary/aromatic N) is 2. The van der Waals surface area contributed by atoms with Crippen LogP contribution in [0, 0.1) is 5.92 Å². The summed E-state index contributed by atoms with van der Waals surface area (Å²) in [7, 11) is 4.57. The highest BCUT2D eigenvalue weighted by molar-refractivity contribution is 5.86. The lowest BCUT2D eigenvalue weighted by Gasteiger charge is -2.50. The van der Waals surface area contributed by atoms with E-state index < -0.39 is 5.60 Å². The number of amides is 1. The van der Waals surface area contributed by atoms with Crippen molar-refractivity contribution in [3.63, 3.8) is 0 Å². The molecule has 1 amide bonds. The van der Waals surface area contributed by atoms with E-state index in [1.165, 1.54) is 5.56 Å². The van der Waals surface area contributed by atoms with Gasteiger partial charge in [0.1, 0.15) is 0 Å². The molecule has 6 nitrogen and oxygen atoms in total. The Hall–Kier alpha value is -2.57. The molecule has 0 bridgehead atoms. The van der Waals surface area contributed by atoms with Gasteiger partial charge in [-0.15, -0.1) is 0 Å². The van der Waals surface area contributed by atoms with Gasteiger partial charge in [0.2, 0.25) is 12.7 Å². The Bertz CT molecular complexity index is 1030. The summed E-state index contributed by atoms with van der Waals surface area (Å²) in [4.78, 5) is 15.6. The minimum absolute atomic E-state index is 0.107. The summed E-state index contributed by atoms with van der Waals surface area (Å²) in [6.45, 7) is 2.64. The Kier molecular flexibility index (Phi) is 6.78. The van der Waals surface area contributed by atoms with Crippen LogP contribution in [0.4, 0.5) is 0 Å². The average molecular weight is 479 g/mol. The van der Waals surface area contributed by atoms with E-state index >= 15 is 0 Å². The van der Waals surface area contributed by atoms with Gasteiger partial charge >= 0.3 is 0 Å². The van der Waals surface area contributed by atoms with Crippen LogP contribution in [0.1, 0.15) is 49.7 Å². The Balaban J connectivity index is 1.22. The third-order valence-electron chi connectivity index (χ3n) is 8.60. The van der Waals surface area contributed by atoms with E-state index in [2.05, 4.69) is 26.2 Å². The van der Waals surface area contributed by atoms with Crippen LogP contribution in [-0.2, 0) is 16.8 Å². The summed E-state index contributed by atoms with van der Waals surface area (Å²) < 4.78 is 11.9. The second-order valence-corrected chi connectivity index (χ2v) is 11.0. The smallest absolute Gasteiger partial charge is 0.231 e. The molecule has 6 heteroatoms. The molecule has 2 heterocycles. The molecule has 3 aliphatic rings. The Morgan fingerprint density at radius 1 is 1.00 bits per heavy atom. The first-order valence-corrected chi connectivity index (χ1v) is 13.1. The number of likely N-dealkylation sites (N-methyl/N-ethyl adjacent to an activating group) is 1. The monoisotopic (exact) mass is 478 g/mol. The molecule has 35 heavy (non-hydrogen) atoms. The maximum Gasteiger partial charge on any atom is 0.231 e. The molecular weight excluding hydrogens is 440 g/mol. The van der Waals surface area contributed by atoms with Crippen LogP contribution < -0.4 is 14.6 Å². The number of benzene rings is 2. The van der Waals surface area contributed by atoms with E-state index in [0.717, 1.165) is 67.5 Å². The molecule has 2 aromatic carbocycles. The lowest BCUT2D eigenvalue weighted by Crippen LogP contribution is -2.62. The van der Waals surface area contributed by atoms with Crippen molar-refractivity contribution in [1.82, 2.24) is 4.90 Å².